The number of sulfone groups is 1. The summed E-state index contributed by atoms with van der Waals surface area (Å²) >= 11 is 0. The summed E-state index contributed by atoms with van der Waals surface area (Å²) in [6, 6.07) is 10.6. The second kappa shape index (κ2) is 10.5. The smallest absolute Gasteiger partial charge is 0.191 e. The molecule has 1 saturated heterocycles. The number of nitrogens with zero attached hydrogens (tertiary/aromatic N) is 1. The Hall–Kier alpha value is -0.830. The van der Waals surface area contributed by atoms with Gasteiger partial charge >= 0.3 is 0 Å². The van der Waals surface area contributed by atoms with Gasteiger partial charge in [0.15, 0.2) is 15.8 Å². The van der Waals surface area contributed by atoms with Crippen LogP contribution in [0.3, 0.4) is 0 Å². The summed E-state index contributed by atoms with van der Waals surface area (Å²) < 4.78 is 23.1. The van der Waals surface area contributed by atoms with E-state index in [-0.39, 0.29) is 41.1 Å². The van der Waals surface area contributed by atoms with Crippen LogP contribution < -0.4 is 10.6 Å². The van der Waals surface area contributed by atoms with Gasteiger partial charge in [0.05, 0.1) is 11.5 Å². The maximum Gasteiger partial charge on any atom is 0.191 e. The quantitative estimate of drug-likeness (QED) is 0.348. The summed E-state index contributed by atoms with van der Waals surface area (Å²) in [5, 5.41) is 6.74. The first kappa shape index (κ1) is 23.2. The van der Waals surface area contributed by atoms with Gasteiger partial charge in [0, 0.05) is 25.6 Å². The van der Waals surface area contributed by atoms with Gasteiger partial charge in [-0.05, 0) is 30.7 Å². The molecular formula is C19H32IN3O2S. The molecule has 0 aliphatic carbocycles. The van der Waals surface area contributed by atoms with Crippen LogP contribution in [0.25, 0.3) is 0 Å². The molecule has 2 rings (SSSR count). The van der Waals surface area contributed by atoms with E-state index in [1.165, 1.54) is 5.56 Å². The van der Waals surface area contributed by atoms with Gasteiger partial charge in [0.25, 0.3) is 0 Å². The molecule has 1 fully saturated rings. The highest BCUT2D eigenvalue weighted by Crippen LogP contribution is 2.30. The van der Waals surface area contributed by atoms with E-state index in [1.54, 1.807) is 7.05 Å². The van der Waals surface area contributed by atoms with Crippen molar-refractivity contribution in [1.29, 1.82) is 0 Å². The van der Waals surface area contributed by atoms with Gasteiger partial charge < -0.3 is 10.6 Å². The monoisotopic (exact) mass is 493 g/mol. The summed E-state index contributed by atoms with van der Waals surface area (Å²) in [6.45, 7) is 5.89. The standard InChI is InChI=1S/C19H31N3O2S.HI/c1-4-19(5-2,17-9-7-6-8-10-17)15-22-18(20-3)21-13-16-11-12-25(23,24)14-16;/h6-10,16H,4-5,11-15H2,1-3H3,(H2,20,21,22);1H. The van der Waals surface area contributed by atoms with Crippen molar-refractivity contribution in [3.8, 4) is 0 Å². The van der Waals surface area contributed by atoms with Gasteiger partial charge in [-0.1, -0.05) is 44.2 Å². The van der Waals surface area contributed by atoms with Gasteiger partial charge in [-0.25, -0.2) is 8.42 Å². The molecule has 1 aromatic rings. The molecule has 1 unspecified atom stereocenters. The molecule has 1 aliphatic heterocycles. The van der Waals surface area contributed by atoms with E-state index in [0.29, 0.717) is 12.3 Å². The molecule has 0 bridgehead atoms. The Labute approximate surface area is 175 Å². The van der Waals surface area contributed by atoms with Crippen LogP contribution in [-0.2, 0) is 15.3 Å². The topological polar surface area (TPSA) is 70.6 Å². The molecule has 0 spiro atoms. The molecule has 0 aromatic heterocycles. The van der Waals surface area contributed by atoms with Gasteiger partial charge in [-0.2, -0.15) is 0 Å². The molecule has 1 atom stereocenters. The molecule has 0 radical (unpaired) electrons. The van der Waals surface area contributed by atoms with E-state index < -0.39 is 9.84 Å². The molecule has 1 aliphatic rings. The fourth-order valence-corrected chi connectivity index (χ4v) is 5.41. The van der Waals surface area contributed by atoms with Crippen LogP contribution in [0.5, 0.6) is 0 Å². The highest BCUT2D eigenvalue weighted by molar-refractivity contribution is 14.0. The third-order valence-electron chi connectivity index (χ3n) is 5.44. The summed E-state index contributed by atoms with van der Waals surface area (Å²) in [5.41, 5.74) is 1.40. The lowest BCUT2D eigenvalue weighted by molar-refractivity contribution is 0.389. The van der Waals surface area contributed by atoms with E-state index in [9.17, 15) is 8.42 Å². The van der Waals surface area contributed by atoms with Crippen molar-refractivity contribution in [3.05, 3.63) is 35.9 Å². The van der Waals surface area contributed by atoms with Crippen LogP contribution in [0.2, 0.25) is 0 Å². The third kappa shape index (κ3) is 6.11. The second-order valence-corrected chi connectivity index (χ2v) is 9.16. The number of nitrogens with one attached hydrogen (secondary N) is 2. The molecule has 0 amide bonds. The lowest BCUT2D eigenvalue weighted by atomic mass is 9.76. The van der Waals surface area contributed by atoms with Crippen molar-refractivity contribution in [2.24, 2.45) is 10.9 Å². The first-order valence-electron chi connectivity index (χ1n) is 9.15. The molecule has 0 saturated carbocycles. The first-order chi connectivity index (χ1) is 11.9. The zero-order valence-corrected chi connectivity index (χ0v) is 19.1. The Bertz CT molecular complexity index is 673. The predicted octanol–water partition coefficient (Wildman–Crippen LogP) is 2.96. The maximum absolute atomic E-state index is 11.6. The van der Waals surface area contributed by atoms with Crippen LogP contribution in [0.15, 0.2) is 35.3 Å². The summed E-state index contributed by atoms with van der Waals surface area (Å²) in [6.07, 6.45) is 2.82. The van der Waals surface area contributed by atoms with E-state index in [0.717, 1.165) is 31.8 Å². The van der Waals surface area contributed by atoms with Crippen LogP contribution in [-0.4, -0.2) is 46.0 Å². The summed E-state index contributed by atoms with van der Waals surface area (Å²) in [4.78, 5) is 4.30. The van der Waals surface area contributed by atoms with Gasteiger partial charge in [-0.3, -0.25) is 4.99 Å². The number of hydrogen-bond acceptors (Lipinski definition) is 3. The molecule has 7 heteroatoms. The van der Waals surface area contributed by atoms with Crippen LogP contribution >= 0.6 is 24.0 Å². The van der Waals surface area contributed by atoms with Gasteiger partial charge in [0.1, 0.15) is 0 Å². The SMILES string of the molecule is CCC(CC)(CNC(=NC)NCC1CCS(=O)(=O)C1)c1ccccc1.I. The minimum atomic E-state index is -2.83. The maximum atomic E-state index is 11.6. The fourth-order valence-electron chi connectivity index (χ4n) is 3.55. The van der Waals surface area contributed by atoms with E-state index >= 15 is 0 Å². The first-order valence-corrected chi connectivity index (χ1v) is 11.0. The highest BCUT2D eigenvalue weighted by atomic mass is 127. The molecule has 1 heterocycles. The number of guanidine groups is 1. The average Bonchev–Trinajstić information content (AvgIpc) is 2.98. The van der Waals surface area contributed by atoms with Crippen molar-refractivity contribution in [3.63, 3.8) is 0 Å². The lowest BCUT2D eigenvalue weighted by Gasteiger charge is -2.33. The largest absolute Gasteiger partial charge is 0.356 e. The number of rotatable bonds is 7. The second-order valence-electron chi connectivity index (χ2n) is 6.93. The Morgan fingerprint density at radius 2 is 1.85 bits per heavy atom. The number of hydrogen-bond donors (Lipinski definition) is 2. The van der Waals surface area contributed by atoms with Crippen molar-refractivity contribution in [2.45, 2.75) is 38.5 Å². The normalized spacial score (nSPS) is 19.7. The number of benzene rings is 1. The summed E-state index contributed by atoms with van der Waals surface area (Å²) in [7, 11) is -1.08. The Kier molecular flexibility index (Phi) is 9.36. The minimum absolute atomic E-state index is 0. The number of halogens is 1. The zero-order valence-electron chi connectivity index (χ0n) is 16.0. The van der Waals surface area contributed by atoms with Crippen molar-refractivity contribution >= 4 is 39.8 Å². The predicted molar refractivity (Wildman–Crippen MR) is 120 cm³/mol. The van der Waals surface area contributed by atoms with E-state index in [1.807, 2.05) is 6.07 Å². The molecule has 1 aromatic carbocycles. The average molecular weight is 493 g/mol. The molecular weight excluding hydrogens is 461 g/mol. The Morgan fingerprint density at radius 1 is 1.19 bits per heavy atom. The molecule has 148 valence electrons. The van der Waals surface area contributed by atoms with Crippen molar-refractivity contribution < 1.29 is 8.42 Å². The minimum Gasteiger partial charge on any atom is -0.356 e. The molecule has 26 heavy (non-hydrogen) atoms. The molecule has 2 N–H and O–H groups in total. The summed E-state index contributed by atoms with van der Waals surface area (Å²) in [5.74, 6) is 1.52. The zero-order chi connectivity index (χ0) is 18.3. The third-order valence-corrected chi connectivity index (χ3v) is 7.28. The Morgan fingerprint density at radius 3 is 2.35 bits per heavy atom. The Balaban J connectivity index is 0.00000338. The highest BCUT2D eigenvalue weighted by Gasteiger charge is 2.29. The molecule has 5 nitrogen and oxygen atoms in total. The van der Waals surface area contributed by atoms with Crippen LogP contribution in [0.4, 0.5) is 0 Å². The van der Waals surface area contributed by atoms with E-state index in [4.69, 9.17) is 0 Å². The van der Waals surface area contributed by atoms with Crippen molar-refractivity contribution in [2.75, 3.05) is 31.6 Å². The lowest BCUT2D eigenvalue weighted by Crippen LogP contribution is -2.46. The number of aliphatic imine (C=N–C) groups is 1. The van der Waals surface area contributed by atoms with Crippen LogP contribution in [0.1, 0.15) is 38.7 Å². The van der Waals surface area contributed by atoms with E-state index in [2.05, 4.69) is 53.7 Å². The van der Waals surface area contributed by atoms with Crippen molar-refractivity contribution in [1.82, 2.24) is 10.6 Å². The van der Waals surface area contributed by atoms with Crippen LogP contribution in [0, 0.1) is 5.92 Å². The van der Waals surface area contributed by atoms with Gasteiger partial charge in [-0.15, -0.1) is 24.0 Å². The fraction of sp³-hybridized carbons (Fsp3) is 0.632. The van der Waals surface area contributed by atoms with Gasteiger partial charge in [0.2, 0.25) is 0 Å².